The molecule has 0 fully saturated rings. The Morgan fingerprint density at radius 1 is 1.00 bits per heavy atom. The van der Waals surface area contributed by atoms with Crippen LogP contribution < -0.4 is 14.4 Å². The lowest BCUT2D eigenvalue weighted by Gasteiger charge is -2.09. The van der Waals surface area contributed by atoms with Gasteiger partial charge in [0.2, 0.25) is 0 Å². The van der Waals surface area contributed by atoms with Crippen LogP contribution in [-0.2, 0) is 4.79 Å². The van der Waals surface area contributed by atoms with Gasteiger partial charge in [-0.1, -0.05) is 53.3 Å². The second-order valence-electron chi connectivity index (χ2n) is 5.83. The predicted octanol–water partition coefficient (Wildman–Crippen LogP) is 5.16. The number of hydrogen-bond donors (Lipinski definition) is 0. The Morgan fingerprint density at radius 3 is 2.50 bits per heavy atom. The highest BCUT2D eigenvalue weighted by molar-refractivity contribution is 7.16. The Labute approximate surface area is 168 Å². The summed E-state index contributed by atoms with van der Waals surface area (Å²) in [5.41, 5.74) is 1.87. The van der Waals surface area contributed by atoms with Crippen LogP contribution in [0.25, 0.3) is 21.4 Å². The zero-order valence-electron chi connectivity index (χ0n) is 14.4. The third-order valence-corrected chi connectivity index (χ3v) is 4.92. The fourth-order valence-corrected chi connectivity index (χ4v) is 3.52. The zero-order valence-corrected chi connectivity index (χ0v) is 16.0. The van der Waals surface area contributed by atoms with E-state index >= 15 is 0 Å². The molecule has 3 aromatic carbocycles. The maximum absolute atomic E-state index is 12.2. The van der Waals surface area contributed by atoms with Gasteiger partial charge in [-0.25, -0.2) is 9.59 Å². The Balaban J connectivity index is 1.61. The van der Waals surface area contributed by atoms with Gasteiger partial charge in [-0.15, -0.1) is 0 Å². The average molecular weight is 413 g/mol. The van der Waals surface area contributed by atoms with Crippen molar-refractivity contribution in [3.8, 4) is 22.6 Å². The number of halogens is 1. The molecule has 28 heavy (non-hydrogen) atoms. The van der Waals surface area contributed by atoms with Gasteiger partial charge >= 0.3 is 10.9 Å². The van der Waals surface area contributed by atoms with E-state index in [1.807, 2.05) is 18.2 Å². The third-order valence-electron chi connectivity index (χ3n) is 3.89. The molecular formula is C21H13ClO5S. The van der Waals surface area contributed by atoms with Crippen LogP contribution in [0.5, 0.6) is 11.5 Å². The van der Waals surface area contributed by atoms with E-state index in [4.69, 9.17) is 25.5 Å². The fourth-order valence-electron chi connectivity index (χ4n) is 2.67. The van der Waals surface area contributed by atoms with Crippen molar-refractivity contribution >= 4 is 39.2 Å². The number of fused-ring (bicyclic) bond motifs is 1. The van der Waals surface area contributed by atoms with Crippen molar-refractivity contribution in [3.05, 3.63) is 81.5 Å². The summed E-state index contributed by atoms with van der Waals surface area (Å²) < 4.78 is 16.7. The van der Waals surface area contributed by atoms with E-state index in [2.05, 4.69) is 0 Å². The third kappa shape index (κ3) is 4.08. The Hall–Kier alpha value is -3.09. The summed E-state index contributed by atoms with van der Waals surface area (Å²) in [6.07, 6.45) is 0. The minimum atomic E-state index is -0.555. The molecule has 0 radical (unpaired) electrons. The van der Waals surface area contributed by atoms with Crippen LogP contribution in [-0.4, -0.2) is 12.6 Å². The van der Waals surface area contributed by atoms with E-state index < -0.39 is 10.9 Å². The van der Waals surface area contributed by atoms with Gasteiger partial charge < -0.3 is 13.9 Å². The largest absolute Gasteiger partial charge is 0.482 e. The molecule has 1 heterocycles. The minimum absolute atomic E-state index is 0.236. The maximum atomic E-state index is 12.2. The Morgan fingerprint density at radius 2 is 1.75 bits per heavy atom. The molecule has 0 aliphatic rings. The summed E-state index contributed by atoms with van der Waals surface area (Å²) in [6, 6.07) is 19.3. The van der Waals surface area contributed by atoms with E-state index in [0.717, 1.165) is 16.9 Å². The van der Waals surface area contributed by atoms with Crippen molar-refractivity contribution in [2.45, 2.75) is 0 Å². The zero-order chi connectivity index (χ0) is 19.5. The molecule has 0 atom stereocenters. The van der Waals surface area contributed by atoms with Gasteiger partial charge in [0.05, 0.1) is 4.70 Å². The van der Waals surface area contributed by atoms with Gasteiger partial charge in [0.1, 0.15) is 11.5 Å². The molecule has 1 aromatic heterocycles. The van der Waals surface area contributed by atoms with Crippen LogP contribution in [0.15, 0.2) is 75.9 Å². The Kier molecular flexibility index (Phi) is 5.14. The summed E-state index contributed by atoms with van der Waals surface area (Å²) in [5.74, 6) is 0.321. The van der Waals surface area contributed by atoms with Crippen LogP contribution in [0.1, 0.15) is 0 Å². The molecule has 0 aliphatic heterocycles. The number of benzene rings is 3. The van der Waals surface area contributed by atoms with Crippen molar-refractivity contribution in [1.82, 2.24) is 0 Å². The number of para-hydroxylation sites is 1. The van der Waals surface area contributed by atoms with Crippen molar-refractivity contribution in [2.24, 2.45) is 0 Å². The van der Waals surface area contributed by atoms with Crippen molar-refractivity contribution in [2.75, 3.05) is 6.61 Å². The molecule has 0 saturated carbocycles. The molecule has 4 aromatic rings. The van der Waals surface area contributed by atoms with E-state index in [1.54, 1.807) is 48.5 Å². The second kappa shape index (κ2) is 7.88. The van der Waals surface area contributed by atoms with Crippen LogP contribution in [0, 0.1) is 0 Å². The summed E-state index contributed by atoms with van der Waals surface area (Å²) in [5, 5.41) is 0.590. The first-order valence-electron chi connectivity index (χ1n) is 8.31. The first-order chi connectivity index (χ1) is 13.6. The normalized spacial score (nSPS) is 10.8. The number of rotatable bonds is 5. The number of ether oxygens (including phenoxy) is 2. The molecular weight excluding hydrogens is 400 g/mol. The topological polar surface area (TPSA) is 65.7 Å². The minimum Gasteiger partial charge on any atom is -0.482 e. The standard InChI is InChI=1S/C21H13ClO5S/c22-14-8-6-13(7-9-14)17-10-16(11-18-20(17)27-21(24)28-18)26-19(23)12-25-15-4-2-1-3-5-15/h1-11H,12H2. The van der Waals surface area contributed by atoms with Crippen LogP contribution >= 0.6 is 22.9 Å². The summed E-state index contributed by atoms with van der Waals surface area (Å²) in [7, 11) is 0. The quantitative estimate of drug-likeness (QED) is 0.334. The Bertz CT molecular complexity index is 1180. The molecule has 0 amide bonds. The van der Waals surface area contributed by atoms with Crippen molar-refractivity contribution in [3.63, 3.8) is 0 Å². The molecule has 5 nitrogen and oxygen atoms in total. The smallest absolute Gasteiger partial charge is 0.396 e. The van der Waals surface area contributed by atoms with Gasteiger partial charge in [-0.2, -0.15) is 0 Å². The molecule has 4 rings (SSSR count). The van der Waals surface area contributed by atoms with Gasteiger partial charge in [0.15, 0.2) is 12.2 Å². The molecule has 0 aliphatic carbocycles. The van der Waals surface area contributed by atoms with Crippen molar-refractivity contribution < 1.29 is 18.7 Å². The lowest BCUT2D eigenvalue weighted by atomic mass is 10.0. The summed E-state index contributed by atoms with van der Waals surface area (Å²) in [4.78, 5) is 23.5. The number of hydrogen-bond acceptors (Lipinski definition) is 6. The summed E-state index contributed by atoms with van der Waals surface area (Å²) in [6.45, 7) is -0.236. The molecule has 0 bridgehead atoms. The monoisotopic (exact) mass is 412 g/mol. The second-order valence-corrected chi connectivity index (χ2v) is 7.25. The SMILES string of the molecule is O=C(COc1ccccc1)Oc1cc(-c2ccc(Cl)cc2)c2oc(=O)sc2c1. The van der Waals surface area contributed by atoms with E-state index in [0.29, 0.717) is 32.4 Å². The molecule has 7 heteroatoms. The average Bonchev–Trinajstić information content (AvgIpc) is 3.07. The summed E-state index contributed by atoms with van der Waals surface area (Å²) >= 11 is 6.90. The maximum Gasteiger partial charge on any atom is 0.396 e. The number of carbonyl (C=O) groups is 1. The van der Waals surface area contributed by atoms with E-state index in [1.165, 1.54) is 0 Å². The highest BCUT2D eigenvalue weighted by Crippen LogP contribution is 2.35. The van der Waals surface area contributed by atoms with Crippen LogP contribution in [0.2, 0.25) is 5.02 Å². The first kappa shape index (κ1) is 18.3. The van der Waals surface area contributed by atoms with E-state index in [9.17, 15) is 9.59 Å². The highest BCUT2D eigenvalue weighted by atomic mass is 35.5. The van der Waals surface area contributed by atoms with Gasteiger partial charge in [-0.05, 0) is 35.9 Å². The van der Waals surface area contributed by atoms with Gasteiger partial charge in [-0.3, -0.25) is 0 Å². The lowest BCUT2D eigenvalue weighted by Crippen LogP contribution is -2.17. The van der Waals surface area contributed by atoms with Crippen molar-refractivity contribution in [1.29, 1.82) is 0 Å². The molecule has 140 valence electrons. The van der Waals surface area contributed by atoms with Crippen LogP contribution in [0.4, 0.5) is 0 Å². The molecule has 0 unspecified atom stereocenters. The fraction of sp³-hybridized carbons (Fsp3) is 0.0476. The molecule has 0 saturated heterocycles. The van der Waals surface area contributed by atoms with Gasteiger partial charge in [0.25, 0.3) is 0 Å². The molecule has 0 spiro atoms. The first-order valence-corrected chi connectivity index (χ1v) is 9.50. The van der Waals surface area contributed by atoms with Gasteiger partial charge in [0, 0.05) is 16.7 Å². The molecule has 0 N–H and O–H groups in total. The lowest BCUT2D eigenvalue weighted by molar-refractivity contribution is -0.136. The number of esters is 1. The number of carbonyl (C=O) groups excluding carboxylic acids is 1. The van der Waals surface area contributed by atoms with E-state index in [-0.39, 0.29) is 6.61 Å². The highest BCUT2D eigenvalue weighted by Gasteiger charge is 2.15. The predicted molar refractivity (Wildman–Crippen MR) is 108 cm³/mol. The van der Waals surface area contributed by atoms with Crippen LogP contribution in [0.3, 0.4) is 0 Å².